The SMILES string of the molecule is CNc1ncc2cc3c4cccc(NSc5cc(Cl)cnc5OC)c4n(CC4COC4)c3nc2n1. The van der Waals surface area contributed by atoms with Gasteiger partial charge >= 0.3 is 0 Å². The van der Waals surface area contributed by atoms with Crippen LogP contribution in [0.25, 0.3) is 33.0 Å². The number of methoxy groups -OCH3 is 1. The Balaban J connectivity index is 1.51. The predicted molar refractivity (Wildman–Crippen MR) is 139 cm³/mol. The van der Waals surface area contributed by atoms with Crippen molar-refractivity contribution in [3.05, 3.63) is 47.7 Å². The largest absolute Gasteiger partial charge is 0.480 e. The van der Waals surface area contributed by atoms with Crippen molar-refractivity contribution in [1.29, 1.82) is 0 Å². The highest BCUT2D eigenvalue weighted by molar-refractivity contribution is 8.00. The minimum atomic E-state index is 0.433. The lowest BCUT2D eigenvalue weighted by Crippen LogP contribution is -2.31. The van der Waals surface area contributed by atoms with Gasteiger partial charge in [-0.05, 0) is 30.1 Å². The van der Waals surface area contributed by atoms with Gasteiger partial charge in [0, 0.05) is 48.1 Å². The molecule has 1 aromatic carbocycles. The summed E-state index contributed by atoms with van der Waals surface area (Å²) in [6.07, 6.45) is 3.38. The maximum absolute atomic E-state index is 6.18. The summed E-state index contributed by atoms with van der Waals surface area (Å²) in [5.74, 6) is 1.49. The minimum absolute atomic E-state index is 0.433. The number of halogens is 1. The fourth-order valence-corrected chi connectivity index (χ4v) is 5.31. The maximum atomic E-state index is 6.18. The van der Waals surface area contributed by atoms with Crippen LogP contribution in [0.2, 0.25) is 5.02 Å². The van der Waals surface area contributed by atoms with E-state index in [2.05, 4.69) is 47.8 Å². The Labute approximate surface area is 210 Å². The molecule has 0 unspecified atom stereocenters. The van der Waals surface area contributed by atoms with Crippen LogP contribution in [0.1, 0.15) is 0 Å². The van der Waals surface area contributed by atoms with Crippen molar-refractivity contribution in [2.45, 2.75) is 11.4 Å². The molecular weight excluding hydrogens is 486 g/mol. The number of anilines is 2. The van der Waals surface area contributed by atoms with Crippen molar-refractivity contribution < 1.29 is 9.47 Å². The third kappa shape index (κ3) is 3.97. The van der Waals surface area contributed by atoms with E-state index in [1.807, 2.05) is 12.1 Å². The van der Waals surface area contributed by atoms with Crippen LogP contribution in [0, 0.1) is 5.92 Å². The van der Waals surface area contributed by atoms with Gasteiger partial charge in [-0.2, -0.15) is 4.98 Å². The van der Waals surface area contributed by atoms with Gasteiger partial charge in [-0.3, -0.25) is 0 Å². The molecular formula is C24H22ClN7O2S. The van der Waals surface area contributed by atoms with Crippen molar-refractivity contribution in [3.8, 4) is 5.88 Å². The zero-order valence-electron chi connectivity index (χ0n) is 19.1. The van der Waals surface area contributed by atoms with Crippen molar-refractivity contribution in [2.75, 3.05) is 37.4 Å². The van der Waals surface area contributed by atoms with Crippen molar-refractivity contribution in [1.82, 2.24) is 24.5 Å². The first-order valence-electron chi connectivity index (χ1n) is 11.1. The molecule has 1 fully saturated rings. The highest BCUT2D eigenvalue weighted by Crippen LogP contribution is 2.38. The maximum Gasteiger partial charge on any atom is 0.228 e. The summed E-state index contributed by atoms with van der Waals surface area (Å²) in [6, 6.07) is 10.2. The Bertz CT molecular complexity index is 1570. The van der Waals surface area contributed by atoms with E-state index in [1.54, 1.807) is 26.6 Å². The molecule has 1 aliphatic rings. The molecule has 5 aromatic rings. The van der Waals surface area contributed by atoms with Crippen molar-refractivity contribution in [3.63, 3.8) is 0 Å². The van der Waals surface area contributed by atoms with Gasteiger partial charge in [0.25, 0.3) is 0 Å². The number of rotatable bonds is 7. The second-order valence-corrected chi connectivity index (χ2v) is 9.58. The van der Waals surface area contributed by atoms with E-state index >= 15 is 0 Å². The van der Waals surface area contributed by atoms with Crippen LogP contribution in [-0.2, 0) is 11.3 Å². The fraction of sp³-hybridized carbons (Fsp3) is 0.250. The number of para-hydroxylation sites is 1. The van der Waals surface area contributed by atoms with Crippen LogP contribution < -0.4 is 14.8 Å². The molecule has 11 heteroatoms. The Morgan fingerprint density at radius 3 is 2.83 bits per heavy atom. The van der Waals surface area contributed by atoms with Gasteiger partial charge in [-0.1, -0.05) is 23.7 Å². The number of hydrogen-bond donors (Lipinski definition) is 2. The molecule has 0 spiro atoms. The molecule has 1 saturated heterocycles. The molecule has 6 rings (SSSR count). The number of nitrogens with zero attached hydrogens (tertiary/aromatic N) is 5. The number of benzene rings is 1. The van der Waals surface area contributed by atoms with E-state index in [9.17, 15) is 0 Å². The van der Waals surface area contributed by atoms with Crippen LogP contribution in [0.5, 0.6) is 5.88 Å². The lowest BCUT2D eigenvalue weighted by molar-refractivity contribution is -0.0384. The summed E-state index contributed by atoms with van der Waals surface area (Å²) in [5, 5.41) is 6.60. The Morgan fingerprint density at radius 2 is 2.06 bits per heavy atom. The summed E-state index contributed by atoms with van der Waals surface area (Å²) in [7, 11) is 3.39. The number of hydrogen-bond acceptors (Lipinski definition) is 9. The Hall–Kier alpha value is -3.34. The molecule has 9 nitrogen and oxygen atoms in total. The molecule has 1 aliphatic heterocycles. The second kappa shape index (κ2) is 9.03. The van der Waals surface area contributed by atoms with Gasteiger partial charge in [-0.15, -0.1) is 0 Å². The predicted octanol–water partition coefficient (Wildman–Crippen LogP) is 5.00. The van der Waals surface area contributed by atoms with Gasteiger partial charge < -0.3 is 24.1 Å². The number of pyridine rings is 2. The normalized spacial score (nSPS) is 13.9. The lowest BCUT2D eigenvalue weighted by Gasteiger charge is -2.27. The van der Waals surface area contributed by atoms with E-state index in [0.717, 1.165) is 57.7 Å². The van der Waals surface area contributed by atoms with Crippen LogP contribution in [0.4, 0.5) is 11.6 Å². The average Bonchev–Trinajstić information content (AvgIpc) is 3.16. The summed E-state index contributed by atoms with van der Waals surface area (Å²) in [5.41, 5.74) is 3.57. The summed E-state index contributed by atoms with van der Waals surface area (Å²) in [4.78, 5) is 19.0. The van der Waals surface area contributed by atoms with Gasteiger partial charge in [-0.25, -0.2) is 15.0 Å². The molecule has 35 heavy (non-hydrogen) atoms. The van der Waals surface area contributed by atoms with Crippen LogP contribution in [0.3, 0.4) is 0 Å². The third-order valence-corrected chi connectivity index (χ3v) is 7.06. The van der Waals surface area contributed by atoms with Gasteiger partial charge in [0.2, 0.25) is 11.8 Å². The zero-order chi connectivity index (χ0) is 23.9. The van der Waals surface area contributed by atoms with Crippen LogP contribution in [0.15, 0.2) is 47.6 Å². The molecule has 0 amide bonds. The molecule has 178 valence electrons. The number of ether oxygens (including phenoxy) is 2. The average molecular weight is 508 g/mol. The first-order chi connectivity index (χ1) is 17.1. The van der Waals surface area contributed by atoms with Gasteiger partial charge in [0.05, 0.1) is 41.4 Å². The van der Waals surface area contributed by atoms with E-state index in [0.29, 0.717) is 28.4 Å². The van der Waals surface area contributed by atoms with E-state index in [4.69, 9.17) is 26.1 Å². The van der Waals surface area contributed by atoms with Gasteiger partial charge in [0.1, 0.15) is 5.65 Å². The van der Waals surface area contributed by atoms with Gasteiger partial charge in [0.15, 0.2) is 5.65 Å². The first-order valence-corrected chi connectivity index (χ1v) is 12.3. The molecule has 0 bridgehead atoms. The van der Waals surface area contributed by atoms with E-state index in [-0.39, 0.29) is 0 Å². The summed E-state index contributed by atoms with van der Waals surface area (Å²) >= 11 is 7.59. The molecule has 5 heterocycles. The summed E-state index contributed by atoms with van der Waals surface area (Å²) in [6.45, 7) is 2.29. The molecule has 0 radical (unpaired) electrons. The molecule has 0 aliphatic carbocycles. The third-order valence-electron chi connectivity index (χ3n) is 6.02. The smallest absolute Gasteiger partial charge is 0.228 e. The van der Waals surface area contributed by atoms with E-state index in [1.165, 1.54) is 11.9 Å². The number of fused-ring (bicyclic) bond motifs is 4. The van der Waals surface area contributed by atoms with Crippen LogP contribution >= 0.6 is 23.5 Å². The molecule has 0 saturated carbocycles. The zero-order valence-corrected chi connectivity index (χ0v) is 20.7. The standard InChI is InChI=1S/C24H22ClN7O2S/c1-26-24-28-8-14-6-17-16-4-3-5-18(31-35-19-7-15(25)9-27-23(19)33-2)20(16)32(10-13-11-34-12-13)22(17)29-21(14)30-24/h3-9,13,31H,10-12H2,1-2H3,(H,26,28,29,30). The molecule has 4 aromatic heterocycles. The highest BCUT2D eigenvalue weighted by Gasteiger charge is 2.24. The van der Waals surface area contributed by atoms with Crippen molar-refractivity contribution in [2.24, 2.45) is 5.92 Å². The quantitative estimate of drug-likeness (QED) is 0.295. The van der Waals surface area contributed by atoms with Crippen LogP contribution in [-0.4, -0.2) is 51.9 Å². The number of aromatic nitrogens is 5. The van der Waals surface area contributed by atoms with Crippen molar-refractivity contribution >= 4 is 68.2 Å². The Morgan fingerprint density at radius 1 is 1.17 bits per heavy atom. The Kier molecular flexibility index (Phi) is 5.71. The number of nitrogens with one attached hydrogen (secondary N) is 2. The van der Waals surface area contributed by atoms with E-state index < -0.39 is 0 Å². The topological polar surface area (TPSA) is 99.0 Å². The fourth-order valence-electron chi connectivity index (χ4n) is 4.29. The highest BCUT2D eigenvalue weighted by atomic mass is 35.5. The first kappa shape index (κ1) is 22.1. The molecule has 2 N–H and O–H groups in total. The molecule has 0 atom stereocenters. The minimum Gasteiger partial charge on any atom is -0.480 e. The summed E-state index contributed by atoms with van der Waals surface area (Å²) < 4.78 is 16.6. The second-order valence-electron chi connectivity index (χ2n) is 8.30. The monoisotopic (exact) mass is 507 g/mol. The lowest BCUT2D eigenvalue weighted by atomic mass is 10.1.